The summed E-state index contributed by atoms with van der Waals surface area (Å²) in [6, 6.07) is 0.512. The van der Waals surface area contributed by atoms with Crippen LogP contribution in [0.2, 0.25) is 0 Å². The molecule has 9 heteroatoms. The van der Waals surface area contributed by atoms with E-state index >= 15 is 0 Å². The first-order valence-corrected chi connectivity index (χ1v) is 11.4. The third-order valence-corrected chi connectivity index (χ3v) is 6.68. The molecule has 174 valence electrons. The van der Waals surface area contributed by atoms with E-state index in [-0.39, 0.29) is 24.0 Å². The van der Waals surface area contributed by atoms with Gasteiger partial charge in [-0.1, -0.05) is 12.8 Å². The minimum absolute atomic E-state index is 0. The monoisotopic (exact) mass is 535 g/mol. The molecule has 3 rings (SSSR count). The van der Waals surface area contributed by atoms with Gasteiger partial charge in [0.2, 0.25) is 5.91 Å². The average Bonchev–Trinajstić information content (AvgIpc) is 3.01. The number of piperazine rings is 2. The maximum absolute atomic E-state index is 12.7. The molecule has 3 saturated heterocycles. The maximum Gasteiger partial charge on any atom is 0.236 e. The maximum atomic E-state index is 12.7. The fourth-order valence-corrected chi connectivity index (χ4v) is 4.59. The number of halogens is 1. The zero-order valence-corrected chi connectivity index (χ0v) is 21.5. The lowest BCUT2D eigenvalue weighted by atomic mass is 10.2. The van der Waals surface area contributed by atoms with Gasteiger partial charge in [-0.2, -0.15) is 0 Å². The van der Waals surface area contributed by atoms with Crippen LogP contribution in [0.15, 0.2) is 4.99 Å². The van der Waals surface area contributed by atoms with Crippen LogP contribution in [-0.2, 0) is 4.79 Å². The van der Waals surface area contributed by atoms with E-state index in [9.17, 15) is 4.79 Å². The number of hydrogen-bond acceptors (Lipinski definition) is 5. The Morgan fingerprint density at radius 3 is 2.20 bits per heavy atom. The third kappa shape index (κ3) is 7.49. The van der Waals surface area contributed by atoms with Gasteiger partial charge in [0.25, 0.3) is 0 Å². The molecule has 8 nitrogen and oxygen atoms in total. The highest BCUT2D eigenvalue weighted by Gasteiger charge is 2.26. The summed E-state index contributed by atoms with van der Waals surface area (Å²) in [5.41, 5.74) is 0. The lowest BCUT2D eigenvalue weighted by Crippen LogP contribution is -2.58. The van der Waals surface area contributed by atoms with Crippen molar-refractivity contribution in [1.29, 1.82) is 0 Å². The van der Waals surface area contributed by atoms with E-state index in [0.717, 1.165) is 84.2 Å². The van der Waals surface area contributed by atoms with Crippen molar-refractivity contribution in [2.24, 2.45) is 4.99 Å². The molecule has 1 N–H and O–H groups in total. The van der Waals surface area contributed by atoms with Crippen LogP contribution in [0.5, 0.6) is 0 Å². The largest absolute Gasteiger partial charge is 0.355 e. The zero-order chi connectivity index (χ0) is 20.6. The summed E-state index contributed by atoms with van der Waals surface area (Å²) in [5, 5.41) is 3.59. The smallest absolute Gasteiger partial charge is 0.236 e. The Bertz CT molecular complexity index is 545. The minimum Gasteiger partial charge on any atom is -0.355 e. The van der Waals surface area contributed by atoms with Crippen LogP contribution in [0, 0.1) is 0 Å². The van der Waals surface area contributed by atoms with E-state index in [4.69, 9.17) is 0 Å². The van der Waals surface area contributed by atoms with Crippen molar-refractivity contribution >= 4 is 35.8 Å². The number of guanidine groups is 1. The van der Waals surface area contributed by atoms with Gasteiger partial charge in [-0.15, -0.1) is 24.0 Å². The lowest BCUT2D eigenvalue weighted by molar-refractivity contribution is -0.132. The lowest BCUT2D eigenvalue weighted by Gasteiger charge is -2.40. The molecule has 0 radical (unpaired) electrons. The summed E-state index contributed by atoms with van der Waals surface area (Å²) in [4.78, 5) is 28.7. The Hall–Kier alpha value is -0.650. The van der Waals surface area contributed by atoms with Gasteiger partial charge in [-0.05, 0) is 26.9 Å². The quantitative estimate of drug-likeness (QED) is 0.321. The molecule has 0 bridgehead atoms. The minimum atomic E-state index is 0. The standard InChI is InChI=1S/C21H41N7O.HI/c1-22-21(23-16-19-17-24(2)10-11-25(19)3)28-14-12-26(13-15-28)18-20(29)27-8-6-4-5-7-9-27;/h19H,4-18H2,1-3H3,(H,22,23);1H. The SMILES string of the molecule is CN=C(NCC1CN(C)CCN1C)N1CCN(CC(=O)N2CCCCCC2)CC1.I. The molecule has 0 aromatic heterocycles. The average molecular weight is 536 g/mol. The van der Waals surface area contributed by atoms with Crippen molar-refractivity contribution in [2.75, 3.05) is 93.1 Å². The predicted molar refractivity (Wildman–Crippen MR) is 134 cm³/mol. The number of aliphatic imine (C=N–C) groups is 1. The summed E-state index contributed by atoms with van der Waals surface area (Å²) in [6.45, 7) is 10.4. The van der Waals surface area contributed by atoms with Gasteiger partial charge in [0.1, 0.15) is 0 Å². The molecule has 0 aromatic rings. The number of hydrogen-bond donors (Lipinski definition) is 1. The second-order valence-electron chi connectivity index (χ2n) is 8.88. The molecule has 1 unspecified atom stereocenters. The fourth-order valence-electron chi connectivity index (χ4n) is 4.59. The van der Waals surface area contributed by atoms with Crippen LogP contribution in [0.1, 0.15) is 25.7 Å². The molecule has 30 heavy (non-hydrogen) atoms. The van der Waals surface area contributed by atoms with Crippen molar-refractivity contribution in [2.45, 2.75) is 31.7 Å². The van der Waals surface area contributed by atoms with Crippen LogP contribution in [0.4, 0.5) is 0 Å². The van der Waals surface area contributed by atoms with E-state index in [1.165, 1.54) is 12.8 Å². The first-order valence-electron chi connectivity index (χ1n) is 11.4. The normalized spacial score (nSPS) is 25.6. The van der Waals surface area contributed by atoms with Crippen LogP contribution in [0.25, 0.3) is 0 Å². The number of nitrogens with one attached hydrogen (secondary N) is 1. The number of likely N-dealkylation sites (N-methyl/N-ethyl adjacent to an activating group) is 2. The predicted octanol–water partition coefficient (Wildman–Crippen LogP) is 0.446. The molecule has 1 amide bonds. The number of likely N-dealkylation sites (tertiary alicyclic amines) is 1. The van der Waals surface area contributed by atoms with Gasteiger partial charge < -0.3 is 20.0 Å². The number of amides is 1. The summed E-state index contributed by atoms with van der Waals surface area (Å²) in [7, 11) is 6.28. The Labute approximate surface area is 200 Å². The van der Waals surface area contributed by atoms with E-state index in [0.29, 0.717) is 18.5 Å². The zero-order valence-electron chi connectivity index (χ0n) is 19.2. The summed E-state index contributed by atoms with van der Waals surface area (Å²) in [6.07, 6.45) is 4.85. The third-order valence-electron chi connectivity index (χ3n) is 6.68. The molecular weight excluding hydrogens is 493 g/mol. The van der Waals surface area contributed by atoms with Crippen LogP contribution < -0.4 is 5.32 Å². The second kappa shape index (κ2) is 13.0. The molecule has 3 fully saturated rings. The first-order chi connectivity index (χ1) is 14.1. The van der Waals surface area contributed by atoms with E-state index in [2.05, 4.69) is 48.9 Å². The molecule has 0 spiro atoms. The van der Waals surface area contributed by atoms with Gasteiger partial charge in [-0.25, -0.2) is 0 Å². The summed E-state index contributed by atoms with van der Waals surface area (Å²) >= 11 is 0. The number of carbonyl (C=O) groups excluding carboxylic acids is 1. The van der Waals surface area contributed by atoms with Gasteiger partial charge in [0.05, 0.1) is 6.54 Å². The Balaban J connectivity index is 0.00000320. The second-order valence-corrected chi connectivity index (χ2v) is 8.88. The highest BCUT2D eigenvalue weighted by atomic mass is 127. The molecule has 0 saturated carbocycles. The van der Waals surface area contributed by atoms with Crippen molar-refractivity contribution in [3.05, 3.63) is 0 Å². The van der Waals surface area contributed by atoms with E-state index in [1.54, 1.807) is 0 Å². The number of rotatable bonds is 4. The molecular formula is C21H42IN7O. The van der Waals surface area contributed by atoms with Crippen molar-refractivity contribution in [3.63, 3.8) is 0 Å². The Morgan fingerprint density at radius 1 is 0.900 bits per heavy atom. The molecule has 0 aliphatic carbocycles. The summed E-state index contributed by atoms with van der Waals surface area (Å²) < 4.78 is 0. The molecule has 3 aliphatic heterocycles. The van der Waals surface area contributed by atoms with Gasteiger partial charge in [0.15, 0.2) is 5.96 Å². The molecule has 0 aromatic carbocycles. The van der Waals surface area contributed by atoms with Crippen LogP contribution in [0.3, 0.4) is 0 Å². The highest BCUT2D eigenvalue weighted by molar-refractivity contribution is 14.0. The molecule has 3 aliphatic rings. The van der Waals surface area contributed by atoms with Crippen LogP contribution in [-0.4, -0.2) is 136 Å². The van der Waals surface area contributed by atoms with Gasteiger partial charge in [-0.3, -0.25) is 19.6 Å². The number of nitrogens with zero attached hydrogens (tertiary/aromatic N) is 6. The Morgan fingerprint density at radius 2 is 1.57 bits per heavy atom. The fraction of sp³-hybridized carbons (Fsp3) is 0.905. The Kier molecular flexibility index (Phi) is 11.1. The molecule has 3 heterocycles. The topological polar surface area (TPSA) is 57.7 Å². The number of carbonyl (C=O) groups is 1. The van der Waals surface area contributed by atoms with Gasteiger partial charge in [0, 0.05) is 78.5 Å². The molecule has 1 atom stereocenters. The highest BCUT2D eigenvalue weighted by Crippen LogP contribution is 2.11. The van der Waals surface area contributed by atoms with E-state index < -0.39 is 0 Å². The van der Waals surface area contributed by atoms with Crippen molar-refractivity contribution in [3.8, 4) is 0 Å². The summed E-state index contributed by atoms with van der Waals surface area (Å²) in [5.74, 6) is 1.30. The van der Waals surface area contributed by atoms with Crippen LogP contribution >= 0.6 is 24.0 Å². The van der Waals surface area contributed by atoms with Crippen molar-refractivity contribution in [1.82, 2.24) is 29.8 Å². The van der Waals surface area contributed by atoms with Crippen molar-refractivity contribution < 1.29 is 4.79 Å². The first kappa shape index (κ1) is 25.6. The van der Waals surface area contributed by atoms with Gasteiger partial charge >= 0.3 is 0 Å². The van der Waals surface area contributed by atoms with E-state index in [1.807, 2.05) is 7.05 Å².